The highest BCUT2D eigenvalue weighted by Crippen LogP contribution is 2.34. The van der Waals surface area contributed by atoms with Gasteiger partial charge in [-0.1, -0.05) is 12.1 Å². The molecule has 2 aliphatic heterocycles. The van der Waals surface area contributed by atoms with Gasteiger partial charge in [0.15, 0.2) is 0 Å². The first-order valence-corrected chi connectivity index (χ1v) is 11.8. The first-order valence-electron chi connectivity index (χ1n) is 11.8. The van der Waals surface area contributed by atoms with E-state index >= 15 is 0 Å². The molecule has 1 amide bonds. The highest BCUT2D eigenvalue weighted by molar-refractivity contribution is 5.91. The highest BCUT2D eigenvalue weighted by atomic mass is 16.5. The van der Waals surface area contributed by atoms with Crippen molar-refractivity contribution in [3.8, 4) is 0 Å². The summed E-state index contributed by atoms with van der Waals surface area (Å²) in [7, 11) is 0. The Bertz CT molecular complexity index is 1220. The molecule has 1 unspecified atom stereocenters. The Hall–Kier alpha value is -3.65. The third-order valence-electron chi connectivity index (χ3n) is 6.82. The van der Waals surface area contributed by atoms with Gasteiger partial charge < -0.3 is 14.5 Å². The zero-order chi connectivity index (χ0) is 22.9. The van der Waals surface area contributed by atoms with Crippen molar-refractivity contribution in [2.24, 2.45) is 0 Å². The normalized spacial score (nSPS) is 19.8. The van der Waals surface area contributed by atoms with E-state index in [-0.39, 0.29) is 17.8 Å². The number of hydrogen-bond donors (Lipinski definition) is 0. The molecule has 8 nitrogen and oxygen atoms in total. The van der Waals surface area contributed by atoms with Crippen LogP contribution in [0.15, 0.2) is 55.1 Å². The highest BCUT2D eigenvalue weighted by Gasteiger charge is 2.32. The van der Waals surface area contributed by atoms with Crippen LogP contribution >= 0.6 is 0 Å². The number of likely N-dealkylation sites (tertiary alicyclic amines) is 1. The smallest absolute Gasteiger partial charge is 0.292 e. The minimum Gasteiger partial charge on any atom is -0.378 e. The molecule has 3 aromatic rings. The molecule has 0 N–H and O–H groups in total. The van der Waals surface area contributed by atoms with Crippen molar-refractivity contribution >= 4 is 17.2 Å². The van der Waals surface area contributed by atoms with Gasteiger partial charge in [0.1, 0.15) is 0 Å². The molecular formula is C26H26N6O2. The second kappa shape index (κ2) is 8.95. The maximum absolute atomic E-state index is 13.2. The Morgan fingerprint density at radius 3 is 2.65 bits per heavy atom. The van der Waals surface area contributed by atoms with Gasteiger partial charge in [-0.2, -0.15) is 0 Å². The van der Waals surface area contributed by atoms with Crippen LogP contribution < -0.4 is 4.90 Å². The Balaban J connectivity index is 1.22. The molecule has 0 aromatic carbocycles. The van der Waals surface area contributed by atoms with Gasteiger partial charge in [0.2, 0.25) is 5.82 Å². The molecule has 2 saturated heterocycles. The number of aromatic nitrogens is 4. The second-order valence-electron chi connectivity index (χ2n) is 8.82. The quantitative estimate of drug-likeness (QED) is 0.599. The summed E-state index contributed by atoms with van der Waals surface area (Å²) in [5, 5.41) is 0. The Labute approximate surface area is 198 Å². The zero-order valence-corrected chi connectivity index (χ0v) is 18.9. The number of carbonyl (C=O) groups is 1. The number of anilines is 1. The molecule has 8 heteroatoms. The monoisotopic (exact) mass is 454 g/mol. The number of ether oxygens (including phenoxy) is 1. The van der Waals surface area contributed by atoms with Crippen molar-refractivity contribution < 1.29 is 9.53 Å². The Morgan fingerprint density at radius 1 is 1.00 bits per heavy atom. The van der Waals surface area contributed by atoms with E-state index in [4.69, 9.17) is 9.72 Å². The fourth-order valence-corrected chi connectivity index (χ4v) is 5.05. The van der Waals surface area contributed by atoms with Crippen LogP contribution in [0, 0.1) is 0 Å². The molecule has 34 heavy (non-hydrogen) atoms. The molecule has 0 saturated carbocycles. The number of rotatable bonds is 4. The molecule has 6 rings (SSSR count). The van der Waals surface area contributed by atoms with Crippen molar-refractivity contribution in [1.82, 2.24) is 24.8 Å². The topological polar surface area (TPSA) is 84.3 Å². The molecule has 1 aliphatic carbocycles. The van der Waals surface area contributed by atoms with Crippen molar-refractivity contribution in [1.29, 1.82) is 0 Å². The summed E-state index contributed by atoms with van der Waals surface area (Å²) in [6.45, 7) is 3.91. The van der Waals surface area contributed by atoms with E-state index in [0.717, 1.165) is 79.3 Å². The number of morpholine rings is 1. The van der Waals surface area contributed by atoms with Crippen LogP contribution in [0.2, 0.25) is 0 Å². The molecule has 0 radical (unpaired) electrons. The van der Waals surface area contributed by atoms with Gasteiger partial charge in [-0.05, 0) is 36.6 Å². The SMILES string of the molecule is O=C(c1ncc(C2=CCc3ncc(N4CCOCC4)cc32)cn1)N1CCCC1c1ccccn1. The number of allylic oxidation sites excluding steroid dienone is 1. The number of hydrogen-bond acceptors (Lipinski definition) is 7. The Kier molecular flexibility index (Phi) is 5.50. The van der Waals surface area contributed by atoms with Gasteiger partial charge in [-0.3, -0.25) is 14.8 Å². The molecule has 5 heterocycles. The third-order valence-corrected chi connectivity index (χ3v) is 6.82. The lowest BCUT2D eigenvalue weighted by Gasteiger charge is -2.29. The third kappa shape index (κ3) is 3.84. The first kappa shape index (κ1) is 20.9. The molecule has 0 bridgehead atoms. The lowest BCUT2D eigenvalue weighted by molar-refractivity contribution is 0.0720. The minimum absolute atomic E-state index is 0.0222. The van der Waals surface area contributed by atoms with Crippen LogP contribution in [0.5, 0.6) is 0 Å². The van der Waals surface area contributed by atoms with Crippen molar-refractivity contribution in [3.63, 3.8) is 0 Å². The average Bonchev–Trinajstić information content (AvgIpc) is 3.57. The van der Waals surface area contributed by atoms with Crippen LogP contribution in [-0.4, -0.2) is 63.6 Å². The summed E-state index contributed by atoms with van der Waals surface area (Å²) >= 11 is 0. The van der Waals surface area contributed by atoms with E-state index in [1.54, 1.807) is 18.6 Å². The summed E-state index contributed by atoms with van der Waals surface area (Å²) in [6, 6.07) is 8.01. The number of fused-ring (bicyclic) bond motifs is 1. The fourth-order valence-electron chi connectivity index (χ4n) is 5.05. The standard InChI is InChI=1S/C26H26N6O2/c33-26(32-9-3-5-24(32)23-4-1-2-8-27-23)25-29-15-18(16-30-25)20-6-7-22-21(20)14-19(17-28-22)31-10-12-34-13-11-31/h1-2,4,6,8,14-17,24H,3,5,7,9-13H2. The van der Waals surface area contributed by atoms with Crippen molar-refractivity contribution in [2.45, 2.75) is 25.3 Å². The van der Waals surface area contributed by atoms with Gasteiger partial charge in [0.05, 0.1) is 42.5 Å². The number of pyridine rings is 2. The van der Waals surface area contributed by atoms with Crippen LogP contribution in [-0.2, 0) is 11.2 Å². The predicted octanol–water partition coefficient (Wildman–Crippen LogP) is 3.07. The summed E-state index contributed by atoms with van der Waals surface area (Å²) in [4.78, 5) is 35.5. The summed E-state index contributed by atoms with van der Waals surface area (Å²) in [6.07, 6.45) is 12.0. The van der Waals surface area contributed by atoms with Gasteiger partial charge in [-0.25, -0.2) is 9.97 Å². The van der Waals surface area contributed by atoms with Crippen LogP contribution in [0.4, 0.5) is 5.69 Å². The van der Waals surface area contributed by atoms with E-state index in [1.807, 2.05) is 29.3 Å². The van der Waals surface area contributed by atoms with Crippen LogP contribution in [0.3, 0.4) is 0 Å². The van der Waals surface area contributed by atoms with E-state index in [2.05, 4.69) is 32.0 Å². The fraction of sp³-hybridized carbons (Fsp3) is 0.346. The first-order chi connectivity index (χ1) is 16.8. The zero-order valence-electron chi connectivity index (χ0n) is 18.9. The van der Waals surface area contributed by atoms with E-state index < -0.39 is 0 Å². The van der Waals surface area contributed by atoms with Crippen LogP contribution in [0.1, 0.15) is 52.0 Å². The number of nitrogens with zero attached hydrogens (tertiary/aromatic N) is 6. The van der Waals surface area contributed by atoms with Crippen LogP contribution in [0.25, 0.3) is 5.57 Å². The molecule has 0 spiro atoms. The molecular weight excluding hydrogens is 428 g/mol. The molecule has 2 fully saturated rings. The number of carbonyl (C=O) groups excluding carboxylic acids is 1. The lowest BCUT2D eigenvalue weighted by Crippen LogP contribution is -2.36. The molecule has 172 valence electrons. The van der Waals surface area contributed by atoms with Gasteiger partial charge in [0.25, 0.3) is 5.91 Å². The Morgan fingerprint density at radius 2 is 1.85 bits per heavy atom. The van der Waals surface area contributed by atoms with Gasteiger partial charge >= 0.3 is 0 Å². The van der Waals surface area contributed by atoms with Gasteiger partial charge in [0, 0.05) is 55.8 Å². The largest absolute Gasteiger partial charge is 0.378 e. The average molecular weight is 455 g/mol. The van der Waals surface area contributed by atoms with E-state index in [1.165, 1.54) is 0 Å². The summed E-state index contributed by atoms with van der Waals surface area (Å²) < 4.78 is 5.48. The molecule has 3 aliphatic rings. The van der Waals surface area contributed by atoms with E-state index in [9.17, 15) is 4.79 Å². The van der Waals surface area contributed by atoms with Gasteiger partial charge in [-0.15, -0.1) is 0 Å². The summed E-state index contributed by atoms with van der Waals surface area (Å²) in [5.41, 5.74) is 6.17. The number of amides is 1. The maximum atomic E-state index is 13.2. The van der Waals surface area contributed by atoms with Crippen molar-refractivity contribution in [3.05, 3.63) is 83.5 Å². The van der Waals surface area contributed by atoms with E-state index in [0.29, 0.717) is 6.54 Å². The lowest BCUT2D eigenvalue weighted by atomic mass is 10.0. The van der Waals surface area contributed by atoms with Crippen molar-refractivity contribution in [2.75, 3.05) is 37.7 Å². The predicted molar refractivity (Wildman–Crippen MR) is 127 cm³/mol. The second-order valence-corrected chi connectivity index (χ2v) is 8.82. The summed E-state index contributed by atoms with van der Waals surface area (Å²) in [5.74, 6) is 0.0855. The maximum Gasteiger partial charge on any atom is 0.292 e. The molecule has 3 aromatic heterocycles. The molecule has 1 atom stereocenters. The minimum atomic E-state index is -0.142.